The predicted octanol–water partition coefficient (Wildman–Crippen LogP) is 3.01. The highest BCUT2D eigenvalue weighted by atomic mass is 31.2. The monoisotopic (exact) mass is 192 g/mol. The Morgan fingerprint density at radius 2 is 1.83 bits per heavy atom. The van der Waals surface area contributed by atoms with Crippen LogP contribution in [0, 0.1) is 11.8 Å². The minimum Gasteiger partial charge on any atom is -0.350 e. The first-order chi connectivity index (χ1) is 5.49. The van der Waals surface area contributed by atoms with Crippen LogP contribution < -0.4 is 0 Å². The average Bonchev–Trinajstić information content (AvgIpc) is 2.00. The molecule has 0 saturated heterocycles. The zero-order valence-corrected chi connectivity index (χ0v) is 9.64. The quantitative estimate of drug-likeness (QED) is 0.678. The standard InChI is InChI=1S/C9H21O2P/c1-6-7(2)8(3)9(4)11-12(5)10/h7-10H,6H2,1-5H3. The van der Waals surface area contributed by atoms with E-state index in [9.17, 15) is 0 Å². The van der Waals surface area contributed by atoms with Crippen molar-refractivity contribution in [3.63, 3.8) is 0 Å². The Balaban J connectivity index is 3.83. The van der Waals surface area contributed by atoms with Crippen molar-refractivity contribution in [3.05, 3.63) is 0 Å². The average molecular weight is 192 g/mol. The number of hydrogen-bond acceptors (Lipinski definition) is 2. The van der Waals surface area contributed by atoms with Crippen LogP contribution in [-0.4, -0.2) is 17.7 Å². The van der Waals surface area contributed by atoms with Gasteiger partial charge in [-0.3, -0.25) is 0 Å². The Labute approximate surface area is 77.2 Å². The van der Waals surface area contributed by atoms with Crippen LogP contribution in [-0.2, 0) is 4.52 Å². The fraction of sp³-hybridized carbons (Fsp3) is 1.00. The molecule has 0 aliphatic rings. The third-order valence-electron chi connectivity index (χ3n) is 2.60. The molecule has 0 aliphatic carbocycles. The Morgan fingerprint density at radius 1 is 1.33 bits per heavy atom. The van der Waals surface area contributed by atoms with Crippen LogP contribution in [0.1, 0.15) is 34.1 Å². The highest BCUT2D eigenvalue weighted by Crippen LogP contribution is 2.32. The van der Waals surface area contributed by atoms with Gasteiger partial charge in [0.2, 0.25) is 0 Å². The molecule has 1 N–H and O–H groups in total. The van der Waals surface area contributed by atoms with Crippen molar-refractivity contribution in [2.45, 2.75) is 40.2 Å². The normalized spacial score (nSPS) is 21.5. The fourth-order valence-electron chi connectivity index (χ4n) is 1.17. The number of hydrogen-bond donors (Lipinski definition) is 1. The van der Waals surface area contributed by atoms with Gasteiger partial charge in [-0.2, -0.15) is 0 Å². The zero-order chi connectivity index (χ0) is 9.72. The second-order valence-corrected chi connectivity index (χ2v) is 4.66. The predicted molar refractivity (Wildman–Crippen MR) is 54.2 cm³/mol. The van der Waals surface area contributed by atoms with Gasteiger partial charge in [-0.15, -0.1) is 0 Å². The van der Waals surface area contributed by atoms with E-state index in [-0.39, 0.29) is 6.10 Å². The first kappa shape index (κ1) is 12.3. The lowest BCUT2D eigenvalue weighted by Crippen LogP contribution is -2.22. The van der Waals surface area contributed by atoms with E-state index in [2.05, 4.69) is 20.8 Å². The minimum absolute atomic E-state index is 0.168. The Kier molecular flexibility index (Phi) is 6.08. The van der Waals surface area contributed by atoms with Crippen molar-refractivity contribution in [1.29, 1.82) is 0 Å². The van der Waals surface area contributed by atoms with Crippen molar-refractivity contribution in [1.82, 2.24) is 0 Å². The molecule has 0 spiro atoms. The second kappa shape index (κ2) is 5.90. The summed E-state index contributed by atoms with van der Waals surface area (Å²) >= 11 is 0. The van der Waals surface area contributed by atoms with Crippen LogP contribution >= 0.6 is 8.38 Å². The fourth-order valence-corrected chi connectivity index (χ4v) is 1.84. The van der Waals surface area contributed by atoms with Gasteiger partial charge < -0.3 is 9.42 Å². The summed E-state index contributed by atoms with van der Waals surface area (Å²) in [6.45, 7) is 10.3. The van der Waals surface area contributed by atoms with Gasteiger partial charge in [-0.25, -0.2) is 0 Å². The van der Waals surface area contributed by atoms with Crippen LogP contribution in [0.15, 0.2) is 0 Å². The molecule has 0 aromatic carbocycles. The van der Waals surface area contributed by atoms with E-state index in [0.717, 1.165) is 0 Å². The maximum atomic E-state index is 9.07. The molecule has 0 bridgehead atoms. The summed E-state index contributed by atoms with van der Waals surface area (Å²) in [7, 11) is -1.20. The topological polar surface area (TPSA) is 29.5 Å². The van der Waals surface area contributed by atoms with Crippen molar-refractivity contribution in [2.75, 3.05) is 6.66 Å². The minimum atomic E-state index is -1.20. The Hall–Kier alpha value is 0.350. The summed E-state index contributed by atoms with van der Waals surface area (Å²) in [5.74, 6) is 1.18. The summed E-state index contributed by atoms with van der Waals surface area (Å²) in [6, 6.07) is 0. The van der Waals surface area contributed by atoms with E-state index < -0.39 is 8.38 Å². The van der Waals surface area contributed by atoms with E-state index in [0.29, 0.717) is 11.8 Å². The Bertz CT molecular complexity index is 117. The largest absolute Gasteiger partial charge is 0.350 e. The van der Waals surface area contributed by atoms with Gasteiger partial charge in [-0.1, -0.05) is 27.2 Å². The zero-order valence-electron chi connectivity index (χ0n) is 8.74. The molecule has 0 saturated carbocycles. The highest BCUT2D eigenvalue weighted by molar-refractivity contribution is 7.45. The summed E-state index contributed by atoms with van der Waals surface area (Å²) in [4.78, 5) is 9.07. The molecule has 12 heavy (non-hydrogen) atoms. The van der Waals surface area contributed by atoms with Crippen molar-refractivity contribution >= 4 is 8.38 Å². The van der Waals surface area contributed by atoms with E-state index >= 15 is 0 Å². The SMILES string of the molecule is CCC(C)C(C)C(C)OP(C)O. The van der Waals surface area contributed by atoms with Gasteiger partial charge in [0, 0.05) is 6.66 Å². The lowest BCUT2D eigenvalue weighted by atomic mass is 9.90. The third-order valence-corrected chi connectivity index (χ3v) is 3.24. The smallest absolute Gasteiger partial charge is 0.164 e. The van der Waals surface area contributed by atoms with Gasteiger partial charge in [0.25, 0.3) is 0 Å². The maximum absolute atomic E-state index is 9.07. The van der Waals surface area contributed by atoms with Crippen molar-refractivity contribution in [3.8, 4) is 0 Å². The molecule has 0 aromatic rings. The van der Waals surface area contributed by atoms with Crippen LogP contribution in [0.25, 0.3) is 0 Å². The third kappa shape index (κ3) is 4.39. The summed E-state index contributed by atoms with van der Waals surface area (Å²) < 4.78 is 5.36. The van der Waals surface area contributed by atoms with Gasteiger partial charge in [-0.05, 0) is 18.8 Å². The van der Waals surface area contributed by atoms with Gasteiger partial charge in [0.05, 0.1) is 6.10 Å². The highest BCUT2D eigenvalue weighted by Gasteiger charge is 2.19. The van der Waals surface area contributed by atoms with Crippen LogP contribution in [0.2, 0.25) is 0 Å². The van der Waals surface area contributed by atoms with Crippen LogP contribution in [0.4, 0.5) is 0 Å². The van der Waals surface area contributed by atoms with Crippen LogP contribution in [0.5, 0.6) is 0 Å². The molecule has 74 valence electrons. The molecule has 0 amide bonds. The molecule has 0 radical (unpaired) electrons. The van der Waals surface area contributed by atoms with E-state index in [4.69, 9.17) is 9.42 Å². The lowest BCUT2D eigenvalue weighted by molar-refractivity contribution is 0.128. The van der Waals surface area contributed by atoms with Crippen molar-refractivity contribution < 1.29 is 9.42 Å². The van der Waals surface area contributed by atoms with Gasteiger partial charge >= 0.3 is 0 Å². The molecular formula is C9H21O2P. The van der Waals surface area contributed by atoms with E-state index in [1.54, 1.807) is 6.66 Å². The van der Waals surface area contributed by atoms with Gasteiger partial charge in [0.1, 0.15) is 0 Å². The van der Waals surface area contributed by atoms with E-state index in [1.165, 1.54) is 6.42 Å². The molecule has 4 atom stereocenters. The van der Waals surface area contributed by atoms with Gasteiger partial charge in [0.15, 0.2) is 8.38 Å². The molecular weight excluding hydrogens is 171 g/mol. The number of rotatable bonds is 5. The van der Waals surface area contributed by atoms with Crippen molar-refractivity contribution in [2.24, 2.45) is 11.8 Å². The molecule has 0 fully saturated rings. The molecule has 2 nitrogen and oxygen atoms in total. The molecule has 0 rings (SSSR count). The maximum Gasteiger partial charge on any atom is 0.164 e. The van der Waals surface area contributed by atoms with E-state index in [1.807, 2.05) is 6.92 Å². The molecule has 0 heterocycles. The second-order valence-electron chi connectivity index (χ2n) is 3.52. The summed E-state index contributed by atoms with van der Waals surface area (Å²) in [5, 5.41) is 0. The summed E-state index contributed by atoms with van der Waals surface area (Å²) in [5.41, 5.74) is 0. The molecule has 0 aliphatic heterocycles. The summed E-state index contributed by atoms with van der Waals surface area (Å²) in [6.07, 6.45) is 1.34. The molecule has 4 unspecified atom stereocenters. The molecule has 3 heteroatoms. The first-order valence-electron chi connectivity index (χ1n) is 4.58. The first-order valence-corrected chi connectivity index (χ1v) is 6.24. The molecule has 0 aromatic heterocycles. The van der Waals surface area contributed by atoms with Crippen LogP contribution in [0.3, 0.4) is 0 Å². The Morgan fingerprint density at radius 3 is 2.17 bits per heavy atom. The lowest BCUT2D eigenvalue weighted by Gasteiger charge is -2.25.